The van der Waals surface area contributed by atoms with Gasteiger partial charge in [-0.3, -0.25) is 0 Å². The van der Waals surface area contributed by atoms with E-state index in [2.05, 4.69) is 4.98 Å². The van der Waals surface area contributed by atoms with E-state index < -0.39 is 0 Å². The SMILES string of the molecule is Cc1ccc(-c2nc(-c3ccccc3F)sc2CCl)cc1. The van der Waals surface area contributed by atoms with Gasteiger partial charge in [-0.25, -0.2) is 9.37 Å². The fourth-order valence-electron chi connectivity index (χ4n) is 2.13. The molecule has 0 saturated heterocycles. The number of hydrogen-bond donors (Lipinski definition) is 0. The highest BCUT2D eigenvalue weighted by molar-refractivity contribution is 7.15. The van der Waals surface area contributed by atoms with Gasteiger partial charge in [-0.2, -0.15) is 0 Å². The largest absolute Gasteiger partial charge is 0.236 e. The lowest BCUT2D eigenvalue weighted by molar-refractivity contribution is 0.631. The number of aryl methyl sites for hydroxylation is 1. The van der Waals surface area contributed by atoms with Crippen molar-refractivity contribution in [3.8, 4) is 21.8 Å². The van der Waals surface area contributed by atoms with Crippen molar-refractivity contribution in [1.82, 2.24) is 4.98 Å². The van der Waals surface area contributed by atoms with Crippen LogP contribution in [0.3, 0.4) is 0 Å². The van der Waals surface area contributed by atoms with Gasteiger partial charge in [0, 0.05) is 16.0 Å². The molecule has 0 fully saturated rings. The van der Waals surface area contributed by atoms with Crippen molar-refractivity contribution in [3.05, 3.63) is 64.8 Å². The summed E-state index contributed by atoms with van der Waals surface area (Å²) in [5, 5.41) is 0.666. The first-order valence-electron chi connectivity index (χ1n) is 6.56. The maximum absolute atomic E-state index is 13.9. The summed E-state index contributed by atoms with van der Waals surface area (Å²) in [6.45, 7) is 2.04. The number of hydrogen-bond acceptors (Lipinski definition) is 2. The number of alkyl halides is 1. The Morgan fingerprint density at radius 2 is 1.81 bits per heavy atom. The van der Waals surface area contributed by atoms with Crippen LogP contribution in [0.5, 0.6) is 0 Å². The molecule has 0 spiro atoms. The minimum Gasteiger partial charge on any atom is -0.236 e. The van der Waals surface area contributed by atoms with E-state index in [1.165, 1.54) is 23.0 Å². The van der Waals surface area contributed by atoms with Crippen LogP contribution in [0.2, 0.25) is 0 Å². The fourth-order valence-corrected chi connectivity index (χ4v) is 3.38. The smallest absolute Gasteiger partial charge is 0.133 e. The predicted molar refractivity (Wildman–Crippen MR) is 87.2 cm³/mol. The molecular weight excluding hydrogens is 305 g/mol. The number of nitrogens with zero attached hydrogens (tertiary/aromatic N) is 1. The second-order valence-corrected chi connectivity index (χ2v) is 6.12. The Labute approximate surface area is 132 Å². The average molecular weight is 318 g/mol. The minimum absolute atomic E-state index is 0.261. The number of halogens is 2. The lowest BCUT2D eigenvalue weighted by Gasteiger charge is -2.00. The highest BCUT2D eigenvalue weighted by atomic mass is 35.5. The van der Waals surface area contributed by atoms with Crippen LogP contribution < -0.4 is 0 Å². The van der Waals surface area contributed by atoms with Crippen molar-refractivity contribution < 1.29 is 4.39 Å². The second kappa shape index (κ2) is 5.96. The van der Waals surface area contributed by atoms with Crippen LogP contribution >= 0.6 is 22.9 Å². The summed E-state index contributed by atoms with van der Waals surface area (Å²) in [6.07, 6.45) is 0. The van der Waals surface area contributed by atoms with E-state index in [1.807, 2.05) is 37.3 Å². The Hall–Kier alpha value is -1.71. The van der Waals surface area contributed by atoms with E-state index in [0.29, 0.717) is 16.5 Å². The van der Waals surface area contributed by atoms with Crippen molar-refractivity contribution >= 4 is 22.9 Å². The summed E-state index contributed by atoms with van der Waals surface area (Å²) in [7, 11) is 0. The summed E-state index contributed by atoms with van der Waals surface area (Å²) >= 11 is 7.47. The van der Waals surface area contributed by atoms with Gasteiger partial charge in [0.05, 0.1) is 11.6 Å². The van der Waals surface area contributed by atoms with Gasteiger partial charge < -0.3 is 0 Å². The maximum atomic E-state index is 13.9. The Kier molecular flexibility index (Phi) is 4.04. The Bertz CT molecular complexity index is 765. The number of thiazole rings is 1. The first-order valence-corrected chi connectivity index (χ1v) is 7.91. The van der Waals surface area contributed by atoms with Crippen molar-refractivity contribution in [2.75, 3.05) is 0 Å². The van der Waals surface area contributed by atoms with Crippen LogP contribution in [0.1, 0.15) is 10.4 Å². The highest BCUT2D eigenvalue weighted by Gasteiger charge is 2.15. The molecule has 0 aliphatic rings. The Morgan fingerprint density at radius 1 is 1.10 bits per heavy atom. The van der Waals surface area contributed by atoms with Crippen molar-refractivity contribution in [3.63, 3.8) is 0 Å². The summed E-state index contributed by atoms with van der Waals surface area (Å²) in [5.74, 6) is 0.109. The topological polar surface area (TPSA) is 12.9 Å². The molecule has 3 rings (SSSR count). The van der Waals surface area contributed by atoms with Gasteiger partial charge in [-0.05, 0) is 19.1 Å². The molecule has 0 amide bonds. The van der Waals surface area contributed by atoms with Gasteiger partial charge in [0.1, 0.15) is 10.8 Å². The molecule has 0 aliphatic carbocycles. The number of benzene rings is 2. The van der Waals surface area contributed by atoms with Gasteiger partial charge in [0.15, 0.2) is 0 Å². The van der Waals surface area contributed by atoms with Crippen LogP contribution in [-0.2, 0) is 5.88 Å². The van der Waals surface area contributed by atoms with Crippen molar-refractivity contribution in [1.29, 1.82) is 0 Å². The average Bonchev–Trinajstić information content (AvgIpc) is 2.92. The molecule has 1 heterocycles. The Balaban J connectivity index is 2.11. The molecule has 0 aliphatic heterocycles. The lowest BCUT2D eigenvalue weighted by Crippen LogP contribution is -1.85. The van der Waals surface area contributed by atoms with Gasteiger partial charge >= 0.3 is 0 Å². The zero-order chi connectivity index (χ0) is 14.8. The van der Waals surface area contributed by atoms with Crippen molar-refractivity contribution in [2.24, 2.45) is 0 Å². The van der Waals surface area contributed by atoms with Crippen LogP contribution in [0.25, 0.3) is 21.8 Å². The fraction of sp³-hybridized carbons (Fsp3) is 0.118. The summed E-state index contributed by atoms with van der Waals surface area (Å²) < 4.78 is 13.9. The second-order valence-electron chi connectivity index (χ2n) is 4.77. The van der Waals surface area contributed by atoms with E-state index in [1.54, 1.807) is 12.1 Å². The first-order chi connectivity index (χ1) is 10.2. The van der Waals surface area contributed by atoms with E-state index in [0.717, 1.165) is 16.1 Å². The molecule has 1 nitrogen and oxygen atoms in total. The monoisotopic (exact) mass is 317 g/mol. The molecule has 0 N–H and O–H groups in total. The molecule has 0 bridgehead atoms. The third-order valence-electron chi connectivity index (χ3n) is 3.25. The molecule has 2 aromatic carbocycles. The maximum Gasteiger partial charge on any atom is 0.133 e. The standard InChI is InChI=1S/C17H13ClFNS/c1-11-6-8-12(9-7-11)16-15(10-18)21-17(20-16)13-4-2-3-5-14(13)19/h2-9H,10H2,1H3. The van der Waals surface area contributed by atoms with Crippen molar-refractivity contribution in [2.45, 2.75) is 12.8 Å². The lowest BCUT2D eigenvalue weighted by atomic mass is 10.1. The first kappa shape index (κ1) is 14.2. The van der Waals surface area contributed by atoms with E-state index in [-0.39, 0.29) is 5.82 Å². The normalized spacial score (nSPS) is 10.8. The summed E-state index contributed by atoms with van der Waals surface area (Å²) in [5.41, 5.74) is 3.56. The number of rotatable bonds is 3. The zero-order valence-corrected chi connectivity index (χ0v) is 13.0. The third-order valence-corrected chi connectivity index (χ3v) is 4.76. The van der Waals surface area contributed by atoms with Crippen LogP contribution in [0.15, 0.2) is 48.5 Å². The van der Waals surface area contributed by atoms with Crippen LogP contribution in [-0.4, -0.2) is 4.98 Å². The third kappa shape index (κ3) is 2.85. The summed E-state index contributed by atoms with van der Waals surface area (Å²) in [4.78, 5) is 5.56. The molecule has 0 saturated carbocycles. The van der Waals surface area contributed by atoms with Crippen LogP contribution in [0, 0.1) is 12.7 Å². The molecular formula is C17H13ClFNS. The predicted octanol–water partition coefficient (Wildman–Crippen LogP) is 5.66. The van der Waals surface area contributed by atoms with Gasteiger partial charge in [-0.1, -0.05) is 42.0 Å². The van der Waals surface area contributed by atoms with E-state index >= 15 is 0 Å². The Morgan fingerprint density at radius 3 is 2.48 bits per heavy atom. The molecule has 3 aromatic rings. The molecule has 0 atom stereocenters. The highest BCUT2D eigenvalue weighted by Crippen LogP contribution is 2.35. The zero-order valence-electron chi connectivity index (χ0n) is 11.4. The quantitative estimate of drug-likeness (QED) is 0.568. The van der Waals surface area contributed by atoms with Gasteiger partial charge in [0.25, 0.3) is 0 Å². The molecule has 0 unspecified atom stereocenters. The molecule has 1 aromatic heterocycles. The van der Waals surface area contributed by atoms with Gasteiger partial charge in [0.2, 0.25) is 0 Å². The van der Waals surface area contributed by atoms with Gasteiger partial charge in [-0.15, -0.1) is 22.9 Å². The number of aromatic nitrogens is 1. The molecule has 4 heteroatoms. The molecule has 0 radical (unpaired) electrons. The molecule has 21 heavy (non-hydrogen) atoms. The van der Waals surface area contributed by atoms with E-state index in [9.17, 15) is 4.39 Å². The van der Waals surface area contributed by atoms with E-state index in [4.69, 9.17) is 11.6 Å². The minimum atomic E-state index is -0.261. The van der Waals surface area contributed by atoms with Crippen LogP contribution in [0.4, 0.5) is 4.39 Å². The summed E-state index contributed by atoms with van der Waals surface area (Å²) in [6, 6.07) is 14.8. The molecule has 106 valence electrons.